The molecule has 0 radical (unpaired) electrons. The molecular formula is C26H33N5O2. The maximum Gasteiger partial charge on any atom is 0.255 e. The van der Waals surface area contributed by atoms with Crippen LogP contribution in [0.5, 0.6) is 5.75 Å². The van der Waals surface area contributed by atoms with Gasteiger partial charge in [-0.2, -0.15) is 5.26 Å². The molecule has 1 saturated carbocycles. The van der Waals surface area contributed by atoms with E-state index in [-0.39, 0.29) is 17.4 Å². The number of methoxy groups -OCH3 is 1. The van der Waals surface area contributed by atoms with Gasteiger partial charge in [-0.3, -0.25) is 4.79 Å². The average Bonchev–Trinajstić information content (AvgIpc) is 2.87. The van der Waals surface area contributed by atoms with Crippen LogP contribution in [0.25, 0.3) is 0 Å². The van der Waals surface area contributed by atoms with Crippen LogP contribution in [0.2, 0.25) is 0 Å². The molecule has 1 fully saturated rings. The van der Waals surface area contributed by atoms with Crippen molar-refractivity contribution in [1.82, 2.24) is 10.2 Å². The number of guanidine groups is 1. The van der Waals surface area contributed by atoms with Gasteiger partial charge in [0.05, 0.1) is 12.7 Å². The zero-order valence-corrected chi connectivity index (χ0v) is 19.5. The summed E-state index contributed by atoms with van der Waals surface area (Å²) in [5, 5.41) is 12.1. The van der Waals surface area contributed by atoms with Crippen molar-refractivity contribution in [3.05, 3.63) is 65.7 Å². The molecule has 0 saturated heterocycles. The lowest BCUT2D eigenvalue weighted by atomic mass is 9.67. The van der Waals surface area contributed by atoms with Crippen LogP contribution in [0.15, 0.2) is 59.6 Å². The first-order chi connectivity index (χ1) is 16.0. The molecule has 174 valence electrons. The van der Waals surface area contributed by atoms with Crippen molar-refractivity contribution in [3.63, 3.8) is 0 Å². The second-order valence-electron chi connectivity index (χ2n) is 8.52. The van der Waals surface area contributed by atoms with Crippen LogP contribution in [0, 0.1) is 11.5 Å². The number of nitrogens with one attached hydrogen (secondary N) is 1. The third-order valence-corrected chi connectivity index (χ3v) is 6.60. The molecule has 3 rings (SSSR count). The highest BCUT2D eigenvalue weighted by atomic mass is 16.5. The Kier molecular flexibility index (Phi) is 8.31. The molecule has 0 aromatic heterocycles. The number of carbonyl (C=O) groups excluding carboxylic acids is 1. The lowest BCUT2D eigenvalue weighted by Gasteiger charge is -2.44. The number of carbonyl (C=O) groups is 1. The molecule has 0 unspecified atom stereocenters. The fourth-order valence-electron chi connectivity index (χ4n) is 4.84. The molecule has 0 atom stereocenters. The first-order valence-electron chi connectivity index (χ1n) is 11.5. The highest BCUT2D eigenvalue weighted by molar-refractivity contribution is 5.97. The molecule has 0 heterocycles. The highest BCUT2D eigenvalue weighted by Gasteiger charge is 2.39. The minimum atomic E-state index is -0.172. The molecule has 1 amide bonds. The standard InChI is InChI=1S/C26H33N5O2/c1-3-17-31(25(28)30-19-27)21-13-15-26(16-14-21,20-9-5-4-6-10-20)18-29-24(32)22-11-7-8-12-23(22)33-2/h4-12,21H,3,13-18H2,1-2H3,(H2,28,30)(H,29,32)/t21-,26-. The predicted molar refractivity (Wildman–Crippen MR) is 130 cm³/mol. The quantitative estimate of drug-likeness (QED) is 0.364. The van der Waals surface area contributed by atoms with Gasteiger partial charge in [0.1, 0.15) is 5.75 Å². The van der Waals surface area contributed by atoms with Crippen LogP contribution in [-0.2, 0) is 5.41 Å². The van der Waals surface area contributed by atoms with Gasteiger partial charge in [-0.05, 0) is 49.8 Å². The number of aliphatic imine (C=N–C) groups is 1. The Labute approximate surface area is 196 Å². The third kappa shape index (κ3) is 5.64. The van der Waals surface area contributed by atoms with E-state index in [0.29, 0.717) is 23.8 Å². The lowest BCUT2D eigenvalue weighted by molar-refractivity contribution is 0.0926. The van der Waals surface area contributed by atoms with E-state index in [1.54, 1.807) is 19.2 Å². The molecule has 33 heavy (non-hydrogen) atoms. The Hall–Kier alpha value is -3.53. The number of rotatable bonds is 8. The van der Waals surface area contributed by atoms with Crippen LogP contribution in [-0.4, -0.2) is 43.0 Å². The summed E-state index contributed by atoms with van der Waals surface area (Å²) in [5.74, 6) is 0.721. The zero-order valence-electron chi connectivity index (χ0n) is 19.5. The Morgan fingerprint density at radius 1 is 1.21 bits per heavy atom. The number of hydrogen-bond donors (Lipinski definition) is 2. The lowest BCUT2D eigenvalue weighted by Crippen LogP contribution is -2.51. The number of para-hydroxylation sites is 1. The summed E-state index contributed by atoms with van der Waals surface area (Å²) in [5.41, 5.74) is 7.69. The van der Waals surface area contributed by atoms with Gasteiger partial charge >= 0.3 is 0 Å². The van der Waals surface area contributed by atoms with Gasteiger partial charge in [0, 0.05) is 24.5 Å². The number of nitrogens with zero attached hydrogens (tertiary/aromatic N) is 3. The molecule has 2 aromatic rings. The molecule has 1 aliphatic carbocycles. The van der Waals surface area contributed by atoms with Gasteiger partial charge in [0.25, 0.3) is 5.91 Å². The molecule has 0 aliphatic heterocycles. The smallest absolute Gasteiger partial charge is 0.255 e. The van der Waals surface area contributed by atoms with Gasteiger partial charge in [0.15, 0.2) is 0 Å². The topological polar surface area (TPSA) is 104 Å². The maximum atomic E-state index is 13.0. The molecule has 3 N–H and O–H groups in total. The fraction of sp³-hybridized carbons (Fsp3) is 0.423. The molecule has 0 spiro atoms. The van der Waals surface area contributed by atoms with Crippen LogP contribution in [0.3, 0.4) is 0 Å². The Balaban J connectivity index is 1.79. The summed E-state index contributed by atoms with van der Waals surface area (Å²) in [7, 11) is 1.57. The second-order valence-corrected chi connectivity index (χ2v) is 8.52. The minimum Gasteiger partial charge on any atom is -0.496 e. The van der Waals surface area contributed by atoms with E-state index >= 15 is 0 Å². The molecule has 7 heteroatoms. The predicted octanol–water partition coefficient (Wildman–Crippen LogP) is 3.81. The van der Waals surface area contributed by atoms with E-state index in [1.165, 1.54) is 5.56 Å². The Bertz CT molecular complexity index is 991. The van der Waals surface area contributed by atoms with Gasteiger partial charge in [0.2, 0.25) is 12.2 Å². The van der Waals surface area contributed by atoms with Crippen molar-refractivity contribution < 1.29 is 9.53 Å². The van der Waals surface area contributed by atoms with E-state index in [0.717, 1.165) is 38.6 Å². The van der Waals surface area contributed by atoms with E-state index in [9.17, 15) is 4.79 Å². The monoisotopic (exact) mass is 447 g/mol. The summed E-state index contributed by atoms with van der Waals surface area (Å²) < 4.78 is 5.36. The fourth-order valence-corrected chi connectivity index (χ4v) is 4.84. The third-order valence-electron chi connectivity index (χ3n) is 6.60. The normalized spacial score (nSPS) is 20.5. The number of nitriles is 1. The summed E-state index contributed by atoms with van der Waals surface area (Å²) in [4.78, 5) is 18.8. The molecule has 0 bridgehead atoms. The van der Waals surface area contributed by atoms with Crippen LogP contribution < -0.4 is 15.8 Å². The van der Waals surface area contributed by atoms with Crippen molar-refractivity contribution in [2.45, 2.75) is 50.5 Å². The number of ether oxygens (including phenoxy) is 1. The van der Waals surface area contributed by atoms with Crippen molar-refractivity contribution in [3.8, 4) is 11.9 Å². The summed E-state index contributed by atoms with van der Waals surface area (Å²) in [6.45, 7) is 3.40. The SMILES string of the molecule is CCCN(C(N)=NC#N)[C@H]1CC[C@](CNC(=O)c2ccccc2OC)(c2ccccc2)CC1. The van der Waals surface area contributed by atoms with Crippen LogP contribution >= 0.6 is 0 Å². The number of nitrogens with two attached hydrogens (primary N) is 1. The van der Waals surface area contributed by atoms with E-state index in [4.69, 9.17) is 15.7 Å². The van der Waals surface area contributed by atoms with Crippen LogP contribution in [0.1, 0.15) is 54.9 Å². The molecule has 7 nitrogen and oxygen atoms in total. The molecule has 1 aliphatic rings. The van der Waals surface area contributed by atoms with E-state index in [2.05, 4.69) is 34.3 Å². The van der Waals surface area contributed by atoms with E-state index < -0.39 is 0 Å². The zero-order chi connectivity index (χ0) is 23.7. The van der Waals surface area contributed by atoms with Gasteiger partial charge in [-0.15, -0.1) is 4.99 Å². The molecular weight excluding hydrogens is 414 g/mol. The van der Waals surface area contributed by atoms with Crippen molar-refractivity contribution in [1.29, 1.82) is 5.26 Å². The van der Waals surface area contributed by atoms with Gasteiger partial charge < -0.3 is 20.7 Å². The summed E-state index contributed by atoms with van der Waals surface area (Å²) >= 11 is 0. The Morgan fingerprint density at radius 2 is 1.88 bits per heavy atom. The minimum absolute atomic E-state index is 0.136. The van der Waals surface area contributed by atoms with Crippen molar-refractivity contribution in [2.24, 2.45) is 10.7 Å². The maximum absolute atomic E-state index is 13.0. The summed E-state index contributed by atoms with van der Waals surface area (Å²) in [6.07, 6.45) is 6.34. The second kappa shape index (κ2) is 11.4. The highest BCUT2D eigenvalue weighted by Crippen LogP contribution is 2.40. The largest absolute Gasteiger partial charge is 0.496 e. The van der Waals surface area contributed by atoms with E-state index in [1.807, 2.05) is 36.5 Å². The number of amides is 1. The number of benzene rings is 2. The van der Waals surface area contributed by atoms with Gasteiger partial charge in [-0.1, -0.05) is 49.4 Å². The molecule has 2 aromatic carbocycles. The average molecular weight is 448 g/mol. The first-order valence-corrected chi connectivity index (χ1v) is 11.5. The number of hydrogen-bond acceptors (Lipinski definition) is 4. The Morgan fingerprint density at radius 3 is 2.52 bits per heavy atom. The van der Waals surface area contributed by atoms with Crippen molar-refractivity contribution in [2.75, 3.05) is 20.2 Å². The summed E-state index contributed by atoms with van der Waals surface area (Å²) in [6, 6.07) is 17.9. The van der Waals surface area contributed by atoms with Crippen molar-refractivity contribution >= 4 is 11.9 Å². The first kappa shape index (κ1) is 24.1. The van der Waals surface area contributed by atoms with Gasteiger partial charge in [-0.25, -0.2) is 0 Å². The van der Waals surface area contributed by atoms with Crippen LogP contribution in [0.4, 0.5) is 0 Å².